The van der Waals surface area contributed by atoms with Crippen molar-refractivity contribution in [1.29, 1.82) is 0 Å². The molecule has 3 heteroatoms. The van der Waals surface area contributed by atoms with E-state index in [2.05, 4.69) is 59.9 Å². The molecule has 2 heterocycles. The maximum Gasteiger partial charge on any atom is 0.192 e. The SMILES string of the molecule is C[C@H]1[C@@H](O[Si](C)(C)C(C)(C)C)[C@@H](C)[C@@]23CCC=C[C@@H]2C[C@@H]1O3. The zero-order valence-electron chi connectivity index (χ0n) is 15.5. The first-order valence-electron chi connectivity index (χ1n) is 9.11. The van der Waals surface area contributed by atoms with Crippen molar-refractivity contribution in [3.05, 3.63) is 12.2 Å². The summed E-state index contributed by atoms with van der Waals surface area (Å²) >= 11 is 0. The lowest BCUT2D eigenvalue weighted by atomic mass is 9.70. The second-order valence-corrected chi connectivity index (χ2v) is 14.2. The summed E-state index contributed by atoms with van der Waals surface area (Å²) in [5.41, 5.74) is 0.0545. The molecule has 2 saturated heterocycles. The van der Waals surface area contributed by atoms with Gasteiger partial charge in [0.2, 0.25) is 0 Å². The Labute approximate surface area is 137 Å². The number of fused-ring (bicyclic) bond motifs is 1. The molecule has 2 aliphatic heterocycles. The third-order valence-electron chi connectivity index (χ3n) is 7.16. The lowest BCUT2D eigenvalue weighted by Crippen LogP contribution is -2.58. The van der Waals surface area contributed by atoms with E-state index < -0.39 is 8.32 Å². The first kappa shape index (κ1) is 16.7. The Hall–Kier alpha value is -0.123. The molecule has 3 rings (SSSR count). The van der Waals surface area contributed by atoms with Gasteiger partial charge in [-0.15, -0.1) is 0 Å². The van der Waals surface area contributed by atoms with Crippen LogP contribution < -0.4 is 0 Å². The van der Waals surface area contributed by atoms with Crippen molar-refractivity contribution in [2.45, 2.75) is 89.8 Å². The number of rotatable bonds is 2. The quantitative estimate of drug-likeness (QED) is 0.516. The lowest BCUT2D eigenvalue weighted by molar-refractivity contribution is -0.190. The van der Waals surface area contributed by atoms with Crippen molar-refractivity contribution in [1.82, 2.24) is 0 Å². The summed E-state index contributed by atoms with van der Waals surface area (Å²) in [6.45, 7) is 16.5. The molecule has 0 aromatic carbocycles. The molecule has 0 aromatic rings. The van der Waals surface area contributed by atoms with Crippen LogP contribution in [-0.4, -0.2) is 26.1 Å². The van der Waals surface area contributed by atoms with Crippen LogP contribution in [0.1, 0.15) is 53.9 Å². The molecule has 0 N–H and O–H groups in total. The third-order valence-corrected chi connectivity index (χ3v) is 11.6. The van der Waals surface area contributed by atoms with Crippen molar-refractivity contribution in [3.63, 3.8) is 0 Å². The Morgan fingerprint density at radius 3 is 2.55 bits per heavy atom. The first-order valence-corrected chi connectivity index (χ1v) is 12.0. The van der Waals surface area contributed by atoms with Crippen LogP contribution in [0.5, 0.6) is 0 Å². The molecule has 0 amide bonds. The van der Waals surface area contributed by atoms with Gasteiger partial charge in [-0.1, -0.05) is 46.8 Å². The Morgan fingerprint density at radius 2 is 1.91 bits per heavy atom. The van der Waals surface area contributed by atoms with E-state index in [9.17, 15) is 0 Å². The van der Waals surface area contributed by atoms with Crippen LogP contribution in [0.2, 0.25) is 18.1 Å². The van der Waals surface area contributed by atoms with Crippen molar-refractivity contribution in [3.8, 4) is 0 Å². The Morgan fingerprint density at radius 1 is 1.23 bits per heavy atom. The van der Waals surface area contributed by atoms with Gasteiger partial charge in [0.05, 0.1) is 17.8 Å². The summed E-state index contributed by atoms with van der Waals surface area (Å²) < 4.78 is 13.6. The summed E-state index contributed by atoms with van der Waals surface area (Å²) in [5.74, 6) is 1.61. The van der Waals surface area contributed by atoms with E-state index >= 15 is 0 Å². The minimum atomic E-state index is -1.74. The molecular formula is C19H34O2Si. The summed E-state index contributed by atoms with van der Waals surface area (Å²) in [4.78, 5) is 0. The fraction of sp³-hybridized carbons (Fsp3) is 0.895. The summed E-state index contributed by atoms with van der Waals surface area (Å²) in [6.07, 6.45) is 9.07. The molecule has 0 unspecified atom stereocenters. The minimum Gasteiger partial charge on any atom is -0.413 e. The van der Waals surface area contributed by atoms with E-state index in [1.807, 2.05) is 0 Å². The van der Waals surface area contributed by atoms with Crippen LogP contribution in [0.4, 0.5) is 0 Å². The predicted octanol–water partition coefficient (Wildman–Crippen LogP) is 5.16. The maximum atomic E-state index is 6.93. The van der Waals surface area contributed by atoms with E-state index in [0.717, 1.165) is 6.42 Å². The Kier molecular flexibility index (Phi) is 3.94. The van der Waals surface area contributed by atoms with Gasteiger partial charge < -0.3 is 9.16 Å². The number of hydrogen-bond donors (Lipinski definition) is 0. The Balaban J connectivity index is 1.89. The number of allylic oxidation sites excluding steroid dienone is 1. The predicted molar refractivity (Wildman–Crippen MR) is 94.5 cm³/mol. The molecule has 2 nitrogen and oxygen atoms in total. The zero-order chi connectivity index (χ0) is 16.3. The van der Waals surface area contributed by atoms with Gasteiger partial charge >= 0.3 is 0 Å². The third kappa shape index (κ3) is 2.35. The van der Waals surface area contributed by atoms with Crippen LogP contribution >= 0.6 is 0 Å². The molecule has 1 spiro atoms. The highest BCUT2D eigenvalue weighted by molar-refractivity contribution is 6.74. The van der Waals surface area contributed by atoms with E-state index in [1.165, 1.54) is 12.8 Å². The van der Waals surface area contributed by atoms with Crippen LogP contribution in [0.3, 0.4) is 0 Å². The van der Waals surface area contributed by atoms with E-state index in [1.54, 1.807) is 0 Å². The molecular weight excluding hydrogens is 288 g/mol. The lowest BCUT2D eigenvalue weighted by Gasteiger charge is -2.52. The molecule has 22 heavy (non-hydrogen) atoms. The van der Waals surface area contributed by atoms with E-state index in [4.69, 9.17) is 9.16 Å². The smallest absolute Gasteiger partial charge is 0.192 e. The van der Waals surface area contributed by atoms with Crippen molar-refractivity contribution in [2.75, 3.05) is 0 Å². The van der Waals surface area contributed by atoms with Gasteiger partial charge in [0.25, 0.3) is 0 Å². The molecule has 2 bridgehead atoms. The molecule has 0 radical (unpaired) electrons. The fourth-order valence-electron chi connectivity index (χ4n) is 4.59. The Bertz CT molecular complexity index is 465. The molecule has 0 aromatic heterocycles. The van der Waals surface area contributed by atoms with Crippen LogP contribution in [0.25, 0.3) is 0 Å². The molecule has 126 valence electrons. The second-order valence-electron chi connectivity index (χ2n) is 9.41. The van der Waals surface area contributed by atoms with Gasteiger partial charge in [0.1, 0.15) is 0 Å². The molecule has 3 aliphatic rings. The average molecular weight is 323 g/mol. The molecule has 0 saturated carbocycles. The molecule has 2 fully saturated rings. The fourth-order valence-corrected chi connectivity index (χ4v) is 6.04. The van der Waals surface area contributed by atoms with E-state index in [-0.39, 0.29) is 10.6 Å². The van der Waals surface area contributed by atoms with Crippen LogP contribution in [0, 0.1) is 17.8 Å². The monoisotopic (exact) mass is 322 g/mol. The number of ether oxygens (including phenoxy) is 1. The van der Waals surface area contributed by atoms with Gasteiger partial charge in [-0.2, -0.15) is 0 Å². The molecule has 6 atom stereocenters. The van der Waals surface area contributed by atoms with Crippen molar-refractivity contribution < 1.29 is 9.16 Å². The normalized spacial score (nSPS) is 45.0. The number of hydrogen-bond acceptors (Lipinski definition) is 2. The highest BCUT2D eigenvalue weighted by Crippen LogP contribution is 2.56. The van der Waals surface area contributed by atoms with Gasteiger partial charge in [-0.25, -0.2) is 0 Å². The van der Waals surface area contributed by atoms with Gasteiger partial charge in [-0.3, -0.25) is 0 Å². The van der Waals surface area contributed by atoms with Crippen molar-refractivity contribution >= 4 is 8.32 Å². The summed E-state index contributed by atoms with van der Waals surface area (Å²) in [7, 11) is -1.74. The summed E-state index contributed by atoms with van der Waals surface area (Å²) in [5, 5.41) is 0.271. The summed E-state index contributed by atoms with van der Waals surface area (Å²) in [6, 6.07) is 0. The minimum absolute atomic E-state index is 0.0545. The maximum absolute atomic E-state index is 6.93. The van der Waals surface area contributed by atoms with Gasteiger partial charge in [0, 0.05) is 17.8 Å². The largest absolute Gasteiger partial charge is 0.413 e. The van der Waals surface area contributed by atoms with Gasteiger partial charge in [0.15, 0.2) is 8.32 Å². The zero-order valence-corrected chi connectivity index (χ0v) is 16.5. The average Bonchev–Trinajstić information content (AvgIpc) is 2.78. The standard InChI is InChI=1S/C19H34O2Si/c1-13-16-12-15-10-8-9-11-19(15,20-16)14(2)17(13)21-22(6,7)18(3,4)5/h8,10,13-17H,9,11-12H2,1-7H3/t13-,14-,15-,16+,17-,19+/m1/s1. The second kappa shape index (κ2) is 5.19. The highest BCUT2D eigenvalue weighted by Gasteiger charge is 2.61. The van der Waals surface area contributed by atoms with Gasteiger partial charge in [-0.05, 0) is 37.4 Å². The topological polar surface area (TPSA) is 18.5 Å². The van der Waals surface area contributed by atoms with Crippen LogP contribution in [0.15, 0.2) is 12.2 Å². The van der Waals surface area contributed by atoms with Crippen LogP contribution in [-0.2, 0) is 9.16 Å². The first-order chi connectivity index (χ1) is 10.1. The van der Waals surface area contributed by atoms with E-state index in [0.29, 0.717) is 30.0 Å². The highest BCUT2D eigenvalue weighted by atomic mass is 28.4. The van der Waals surface area contributed by atoms with Crippen molar-refractivity contribution in [2.24, 2.45) is 17.8 Å². The molecule has 1 aliphatic carbocycles.